The van der Waals surface area contributed by atoms with Crippen molar-refractivity contribution in [3.8, 4) is 5.75 Å². The van der Waals surface area contributed by atoms with Gasteiger partial charge in [0.1, 0.15) is 5.75 Å². The molecule has 22 heavy (non-hydrogen) atoms. The molecule has 2 N–H and O–H groups in total. The third-order valence-corrected chi connectivity index (χ3v) is 3.05. The van der Waals surface area contributed by atoms with Gasteiger partial charge in [-0.2, -0.15) is 0 Å². The van der Waals surface area contributed by atoms with Gasteiger partial charge in [-0.3, -0.25) is 4.79 Å². The highest BCUT2D eigenvalue weighted by atomic mass is 16.5. The van der Waals surface area contributed by atoms with Crippen molar-refractivity contribution >= 4 is 11.6 Å². The molecule has 0 saturated heterocycles. The van der Waals surface area contributed by atoms with Crippen molar-refractivity contribution in [1.82, 2.24) is 0 Å². The number of aliphatic hydroxyl groups is 1. The number of amides is 1. The minimum atomic E-state index is -0.204. The van der Waals surface area contributed by atoms with Gasteiger partial charge in [0, 0.05) is 11.3 Å². The maximum atomic E-state index is 12.3. The van der Waals surface area contributed by atoms with Gasteiger partial charge >= 0.3 is 0 Å². The number of carbonyl (C=O) groups is 1. The summed E-state index contributed by atoms with van der Waals surface area (Å²) in [4.78, 5) is 12.3. The average molecular weight is 299 g/mol. The van der Waals surface area contributed by atoms with E-state index in [9.17, 15) is 4.79 Å². The van der Waals surface area contributed by atoms with E-state index in [-0.39, 0.29) is 12.5 Å². The lowest BCUT2D eigenvalue weighted by Gasteiger charge is -2.10. The van der Waals surface area contributed by atoms with Crippen LogP contribution in [0.5, 0.6) is 5.75 Å². The summed E-state index contributed by atoms with van der Waals surface area (Å²) < 4.78 is 5.63. The molecule has 116 valence electrons. The zero-order chi connectivity index (χ0) is 15.9. The van der Waals surface area contributed by atoms with Crippen molar-refractivity contribution < 1.29 is 14.6 Å². The summed E-state index contributed by atoms with van der Waals surface area (Å²) in [6.07, 6.45) is 0. The number of anilines is 1. The molecule has 0 atom stereocenters. The molecule has 0 spiro atoms. The number of aliphatic hydroxyl groups excluding tert-OH is 1. The fourth-order valence-corrected chi connectivity index (χ4v) is 1.94. The number of carbonyl (C=O) groups excluding carboxylic acids is 1. The third-order valence-electron chi connectivity index (χ3n) is 3.05. The first-order valence-electron chi connectivity index (χ1n) is 7.32. The number of ether oxygens (including phenoxy) is 1. The highest BCUT2D eigenvalue weighted by Gasteiger charge is 2.08. The molecule has 0 unspecified atom stereocenters. The van der Waals surface area contributed by atoms with Crippen molar-refractivity contribution in [2.75, 3.05) is 11.9 Å². The number of hydrogen-bond acceptors (Lipinski definition) is 3. The topological polar surface area (TPSA) is 58.6 Å². The van der Waals surface area contributed by atoms with Crippen LogP contribution in [0, 0.1) is 5.92 Å². The zero-order valence-corrected chi connectivity index (χ0v) is 12.9. The number of nitrogens with one attached hydrogen (secondary N) is 1. The fraction of sp³-hybridized carbons (Fsp3) is 0.278. The smallest absolute Gasteiger partial charge is 0.255 e. The van der Waals surface area contributed by atoms with Crippen molar-refractivity contribution in [1.29, 1.82) is 0 Å². The molecule has 0 bridgehead atoms. The molecule has 1 amide bonds. The van der Waals surface area contributed by atoms with Crippen molar-refractivity contribution in [3.05, 3.63) is 59.7 Å². The van der Waals surface area contributed by atoms with E-state index in [2.05, 4.69) is 19.2 Å². The maximum Gasteiger partial charge on any atom is 0.255 e. The number of hydrogen-bond donors (Lipinski definition) is 2. The molecule has 0 saturated carbocycles. The number of rotatable bonds is 6. The van der Waals surface area contributed by atoms with Crippen LogP contribution in [0.2, 0.25) is 0 Å². The lowest BCUT2D eigenvalue weighted by Crippen LogP contribution is -2.12. The summed E-state index contributed by atoms with van der Waals surface area (Å²) in [5.41, 5.74) is 1.95. The highest BCUT2D eigenvalue weighted by molar-refractivity contribution is 6.04. The van der Waals surface area contributed by atoms with Crippen LogP contribution in [0.4, 0.5) is 5.69 Å². The molecule has 4 heteroatoms. The molecule has 0 aliphatic heterocycles. The standard InChI is InChI=1S/C18H21NO3/c1-13(2)12-22-17-8-4-6-15(10-17)18(21)19-16-7-3-5-14(9-16)11-20/h3-10,13,20H,11-12H2,1-2H3,(H,19,21). The third kappa shape index (κ3) is 4.60. The molecule has 4 nitrogen and oxygen atoms in total. The molecule has 2 aromatic rings. The van der Waals surface area contributed by atoms with Gasteiger partial charge in [0.15, 0.2) is 0 Å². The van der Waals surface area contributed by atoms with Crippen molar-refractivity contribution in [3.63, 3.8) is 0 Å². The molecule has 2 rings (SSSR count). The van der Waals surface area contributed by atoms with E-state index in [1.807, 2.05) is 6.07 Å². The van der Waals surface area contributed by atoms with Gasteiger partial charge in [0.2, 0.25) is 0 Å². The molecule has 2 aromatic carbocycles. The van der Waals surface area contributed by atoms with Gasteiger partial charge in [0.05, 0.1) is 13.2 Å². The fourth-order valence-electron chi connectivity index (χ4n) is 1.94. The van der Waals surface area contributed by atoms with Gasteiger partial charge in [-0.1, -0.05) is 32.0 Å². The van der Waals surface area contributed by atoms with Gasteiger partial charge in [-0.25, -0.2) is 0 Å². The number of benzene rings is 2. The first-order valence-corrected chi connectivity index (χ1v) is 7.32. The van der Waals surface area contributed by atoms with Gasteiger partial charge in [0.25, 0.3) is 5.91 Å². The van der Waals surface area contributed by atoms with Crippen LogP contribution in [0.1, 0.15) is 29.8 Å². The minimum Gasteiger partial charge on any atom is -0.493 e. The Hall–Kier alpha value is -2.33. The Bertz CT molecular complexity index is 638. The Labute approximate surface area is 130 Å². The van der Waals surface area contributed by atoms with E-state index in [0.717, 1.165) is 5.56 Å². The van der Waals surface area contributed by atoms with E-state index in [1.54, 1.807) is 42.5 Å². The Morgan fingerprint density at radius 1 is 1.18 bits per heavy atom. The molecule has 0 radical (unpaired) electrons. The second-order valence-corrected chi connectivity index (χ2v) is 5.55. The molecule has 0 aliphatic carbocycles. The Kier molecular flexibility index (Phi) is 5.55. The quantitative estimate of drug-likeness (QED) is 0.858. The first kappa shape index (κ1) is 16.0. The molecule has 0 aliphatic rings. The summed E-state index contributed by atoms with van der Waals surface area (Å²) in [6.45, 7) is 4.71. The van der Waals surface area contributed by atoms with Crippen LogP contribution < -0.4 is 10.1 Å². The van der Waals surface area contributed by atoms with Crippen LogP contribution >= 0.6 is 0 Å². The first-order chi connectivity index (χ1) is 10.6. The van der Waals surface area contributed by atoms with Crippen LogP contribution in [0.3, 0.4) is 0 Å². The van der Waals surface area contributed by atoms with E-state index in [0.29, 0.717) is 29.5 Å². The molecule has 0 aromatic heterocycles. The second kappa shape index (κ2) is 7.61. The lowest BCUT2D eigenvalue weighted by atomic mass is 10.1. The summed E-state index contributed by atoms with van der Waals surface area (Å²) in [7, 11) is 0. The molecular formula is C18H21NO3. The monoisotopic (exact) mass is 299 g/mol. The Balaban J connectivity index is 2.07. The van der Waals surface area contributed by atoms with Crippen molar-refractivity contribution in [2.45, 2.75) is 20.5 Å². The normalized spacial score (nSPS) is 10.5. The van der Waals surface area contributed by atoms with Gasteiger partial charge in [-0.05, 0) is 41.8 Å². The maximum absolute atomic E-state index is 12.3. The van der Waals surface area contributed by atoms with E-state index < -0.39 is 0 Å². The predicted octanol–water partition coefficient (Wildman–Crippen LogP) is 3.47. The SMILES string of the molecule is CC(C)COc1cccc(C(=O)Nc2cccc(CO)c2)c1. The van der Waals surface area contributed by atoms with Crippen LogP contribution in [0.25, 0.3) is 0 Å². The zero-order valence-electron chi connectivity index (χ0n) is 12.9. The van der Waals surface area contributed by atoms with E-state index >= 15 is 0 Å². The predicted molar refractivity (Wildman–Crippen MR) is 87.1 cm³/mol. The largest absolute Gasteiger partial charge is 0.493 e. The molecular weight excluding hydrogens is 278 g/mol. The Morgan fingerprint density at radius 2 is 1.95 bits per heavy atom. The summed E-state index contributed by atoms with van der Waals surface area (Å²) in [6, 6.07) is 14.2. The van der Waals surface area contributed by atoms with Gasteiger partial charge < -0.3 is 15.2 Å². The van der Waals surface area contributed by atoms with E-state index in [1.165, 1.54) is 0 Å². The van der Waals surface area contributed by atoms with E-state index in [4.69, 9.17) is 9.84 Å². The Morgan fingerprint density at radius 3 is 2.68 bits per heavy atom. The van der Waals surface area contributed by atoms with Crippen LogP contribution in [-0.4, -0.2) is 17.6 Å². The van der Waals surface area contributed by atoms with Crippen LogP contribution in [0.15, 0.2) is 48.5 Å². The molecule has 0 fully saturated rings. The summed E-state index contributed by atoms with van der Waals surface area (Å²) in [5, 5.41) is 11.9. The average Bonchev–Trinajstić information content (AvgIpc) is 2.53. The lowest BCUT2D eigenvalue weighted by molar-refractivity contribution is 0.102. The van der Waals surface area contributed by atoms with Crippen LogP contribution in [-0.2, 0) is 6.61 Å². The van der Waals surface area contributed by atoms with Crippen molar-refractivity contribution in [2.24, 2.45) is 5.92 Å². The van der Waals surface area contributed by atoms with Gasteiger partial charge in [-0.15, -0.1) is 0 Å². The summed E-state index contributed by atoms with van der Waals surface area (Å²) in [5.74, 6) is 0.911. The minimum absolute atomic E-state index is 0.0533. The second-order valence-electron chi connectivity index (χ2n) is 5.55. The highest BCUT2D eigenvalue weighted by Crippen LogP contribution is 2.17. The molecule has 0 heterocycles. The summed E-state index contributed by atoms with van der Waals surface area (Å²) >= 11 is 0.